The van der Waals surface area contributed by atoms with Gasteiger partial charge in [0.1, 0.15) is 5.75 Å². The van der Waals surface area contributed by atoms with E-state index in [9.17, 15) is 9.59 Å². The molecule has 0 bridgehead atoms. The molecule has 0 fully saturated rings. The molecule has 1 aromatic carbocycles. The first-order valence-corrected chi connectivity index (χ1v) is 7.85. The van der Waals surface area contributed by atoms with Crippen LogP contribution in [0.1, 0.15) is 33.0 Å². The van der Waals surface area contributed by atoms with Crippen molar-refractivity contribution in [3.8, 4) is 5.75 Å². The quantitative estimate of drug-likeness (QED) is 0.820. The van der Waals surface area contributed by atoms with Gasteiger partial charge in [-0.2, -0.15) is 0 Å². The third kappa shape index (κ3) is 4.18. The number of hydrogen-bond acceptors (Lipinski definition) is 4. The summed E-state index contributed by atoms with van der Waals surface area (Å²) in [7, 11) is 1.56. The maximum Gasteiger partial charge on any atom is 0.224 e. The van der Waals surface area contributed by atoms with Crippen LogP contribution in [0.15, 0.2) is 30.3 Å². The van der Waals surface area contributed by atoms with Gasteiger partial charge in [0, 0.05) is 17.7 Å². The molecule has 0 atom stereocenters. The van der Waals surface area contributed by atoms with E-state index >= 15 is 0 Å². The average Bonchev–Trinajstić information content (AvgIpc) is 2.92. The molecule has 0 saturated carbocycles. The monoisotopic (exact) mass is 317 g/mol. The van der Waals surface area contributed by atoms with E-state index in [1.807, 2.05) is 44.2 Å². The summed E-state index contributed by atoms with van der Waals surface area (Å²) in [6, 6.07) is 9.29. The summed E-state index contributed by atoms with van der Waals surface area (Å²) in [6.07, 6.45) is 0.368. The van der Waals surface area contributed by atoms with Gasteiger partial charge in [-0.05, 0) is 43.7 Å². The maximum absolute atomic E-state index is 12.0. The Bertz CT molecular complexity index is 691. The van der Waals surface area contributed by atoms with Crippen molar-refractivity contribution < 1.29 is 14.3 Å². The van der Waals surface area contributed by atoms with Gasteiger partial charge < -0.3 is 10.1 Å². The number of Topliss-reactive ketones (excluding diaryl/α,β-unsaturated/α-hetero) is 1. The van der Waals surface area contributed by atoms with Crippen LogP contribution < -0.4 is 10.1 Å². The molecule has 2 rings (SSSR count). The first kappa shape index (κ1) is 16.2. The van der Waals surface area contributed by atoms with Crippen molar-refractivity contribution in [3.05, 3.63) is 45.6 Å². The molecule has 0 spiro atoms. The highest BCUT2D eigenvalue weighted by molar-refractivity contribution is 7.14. The Morgan fingerprint density at radius 1 is 1.14 bits per heavy atom. The van der Waals surface area contributed by atoms with Crippen molar-refractivity contribution >= 4 is 28.7 Å². The number of benzene rings is 1. The largest absolute Gasteiger partial charge is 0.495 e. The molecule has 1 amide bonds. The second kappa shape index (κ2) is 7.22. The molecule has 1 N–H and O–H groups in total. The van der Waals surface area contributed by atoms with Gasteiger partial charge in [0.15, 0.2) is 5.78 Å². The average molecular weight is 317 g/mol. The number of ketones is 1. The van der Waals surface area contributed by atoms with E-state index in [0.29, 0.717) is 16.3 Å². The van der Waals surface area contributed by atoms with Crippen LogP contribution >= 0.6 is 11.3 Å². The minimum absolute atomic E-state index is 0.00413. The highest BCUT2D eigenvalue weighted by Gasteiger charge is 2.12. The molecule has 116 valence electrons. The number of amides is 1. The van der Waals surface area contributed by atoms with Gasteiger partial charge in [-0.1, -0.05) is 6.07 Å². The molecule has 4 nitrogen and oxygen atoms in total. The summed E-state index contributed by atoms with van der Waals surface area (Å²) in [5.74, 6) is 0.425. The van der Waals surface area contributed by atoms with E-state index in [2.05, 4.69) is 5.32 Å². The van der Waals surface area contributed by atoms with Crippen molar-refractivity contribution in [3.63, 3.8) is 0 Å². The number of hydrogen-bond donors (Lipinski definition) is 1. The Morgan fingerprint density at radius 2 is 1.91 bits per heavy atom. The maximum atomic E-state index is 12.0. The zero-order valence-electron chi connectivity index (χ0n) is 12.9. The predicted molar refractivity (Wildman–Crippen MR) is 89.0 cm³/mol. The second-order valence-electron chi connectivity index (χ2n) is 5.09. The number of nitrogens with one attached hydrogen (secondary N) is 1. The van der Waals surface area contributed by atoms with Crippen molar-refractivity contribution in [2.24, 2.45) is 0 Å². The lowest BCUT2D eigenvalue weighted by atomic mass is 10.1. The lowest BCUT2D eigenvalue weighted by Gasteiger charge is -2.10. The smallest absolute Gasteiger partial charge is 0.224 e. The molecule has 5 heteroatoms. The van der Waals surface area contributed by atoms with Crippen molar-refractivity contribution in [1.82, 2.24) is 0 Å². The molecule has 22 heavy (non-hydrogen) atoms. The Hall–Kier alpha value is -2.14. The predicted octanol–water partition coefficient (Wildman–Crippen LogP) is 3.98. The minimum atomic E-state index is -0.189. The summed E-state index contributed by atoms with van der Waals surface area (Å²) < 4.78 is 5.22. The van der Waals surface area contributed by atoms with Crippen LogP contribution in [0.5, 0.6) is 5.75 Å². The fraction of sp³-hybridized carbons (Fsp3) is 0.294. The summed E-state index contributed by atoms with van der Waals surface area (Å²) in [5, 5.41) is 2.80. The molecular weight excluding hydrogens is 298 g/mol. The van der Waals surface area contributed by atoms with Crippen LogP contribution in [0.3, 0.4) is 0 Å². The van der Waals surface area contributed by atoms with Crippen LogP contribution in [-0.4, -0.2) is 18.8 Å². The molecular formula is C17H19NO3S. The molecule has 0 saturated heterocycles. The molecule has 0 unspecified atom stereocenters. The number of rotatable bonds is 6. The number of thiophene rings is 1. The SMILES string of the molecule is COc1ccc(C)cc1NC(=O)CCC(=O)c1ccc(C)s1. The number of methoxy groups -OCH3 is 1. The van der Waals surface area contributed by atoms with Gasteiger partial charge in [0.25, 0.3) is 0 Å². The Kier molecular flexibility index (Phi) is 5.33. The standard InChI is InChI=1S/C17H19NO3S/c1-11-4-7-15(21-3)13(10-11)18-17(20)9-6-14(19)16-8-5-12(2)22-16/h4-5,7-8,10H,6,9H2,1-3H3,(H,18,20). The van der Waals surface area contributed by atoms with Gasteiger partial charge in [0.05, 0.1) is 17.7 Å². The zero-order valence-corrected chi connectivity index (χ0v) is 13.8. The summed E-state index contributed by atoms with van der Waals surface area (Å²) in [6.45, 7) is 3.90. The van der Waals surface area contributed by atoms with Crippen LogP contribution in [0, 0.1) is 13.8 Å². The van der Waals surface area contributed by atoms with E-state index in [1.165, 1.54) is 11.3 Å². The number of aryl methyl sites for hydroxylation is 2. The van der Waals surface area contributed by atoms with Gasteiger partial charge in [-0.25, -0.2) is 0 Å². The third-order valence-electron chi connectivity index (χ3n) is 3.22. The fourth-order valence-electron chi connectivity index (χ4n) is 2.07. The Balaban J connectivity index is 1.93. The topological polar surface area (TPSA) is 55.4 Å². The number of carbonyl (C=O) groups excluding carboxylic acids is 2. The minimum Gasteiger partial charge on any atom is -0.495 e. The summed E-state index contributed by atoms with van der Waals surface area (Å²) >= 11 is 1.46. The molecule has 0 aliphatic rings. The zero-order chi connectivity index (χ0) is 16.1. The first-order chi connectivity index (χ1) is 10.5. The van der Waals surface area contributed by atoms with Crippen molar-refractivity contribution in [2.75, 3.05) is 12.4 Å². The Morgan fingerprint density at radius 3 is 2.55 bits per heavy atom. The van der Waals surface area contributed by atoms with E-state index in [-0.39, 0.29) is 24.5 Å². The van der Waals surface area contributed by atoms with Crippen LogP contribution in [0.4, 0.5) is 5.69 Å². The molecule has 1 aromatic heterocycles. The number of anilines is 1. The van der Waals surface area contributed by atoms with Gasteiger partial charge in [-0.3, -0.25) is 9.59 Å². The first-order valence-electron chi connectivity index (χ1n) is 7.03. The van der Waals surface area contributed by atoms with Crippen LogP contribution in [0.25, 0.3) is 0 Å². The van der Waals surface area contributed by atoms with Crippen molar-refractivity contribution in [2.45, 2.75) is 26.7 Å². The van der Waals surface area contributed by atoms with E-state index in [1.54, 1.807) is 7.11 Å². The molecule has 0 radical (unpaired) electrons. The molecule has 1 heterocycles. The van der Waals surface area contributed by atoms with E-state index < -0.39 is 0 Å². The Labute approximate surface area is 134 Å². The second-order valence-corrected chi connectivity index (χ2v) is 6.37. The lowest BCUT2D eigenvalue weighted by Crippen LogP contribution is -2.14. The van der Waals surface area contributed by atoms with E-state index in [0.717, 1.165) is 10.4 Å². The molecule has 2 aromatic rings. The lowest BCUT2D eigenvalue weighted by molar-refractivity contribution is -0.116. The highest BCUT2D eigenvalue weighted by Crippen LogP contribution is 2.25. The normalized spacial score (nSPS) is 10.3. The summed E-state index contributed by atoms with van der Waals surface area (Å²) in [4.78, 5) is 25.8. The number of carbonyl (C=O) groups is 2. The van der Waals surface area contributed by atoms with Crippen LogP contribution in [0.2, 0.25) is 0 Å². The summed E-state index contributed by atoms with van der Waals surface area (Å²) in [5.41, 5.74) is 1.66. The van der Waals surface area contributed by atoms with E-state index in [4.69, 9.17) is 4.74 Å². The van der Waals surface area contributed by atoms with Gasteiger partial charge in [0.2, 0.25) is 5.91 Å². The fourth-order valence-corrected chi connectivity index (χ4v) is 2.90. The third-order valence-corrected chi connectivity index (χ3v) is 4.27. The van der Waals surface area contributed by atoms with Gasteiger partial charge >= 0.3 is 0 Å². The number of ether oxygens (including phenoxy) is 1. The highest BCUT2D eigenvalue weighted by atomic mass is 32.1. The molecule has 0 aliphatic heterocycles. The van der Waals surface area contributed by atoms with Crippen molar-refractivity contribution in [1.29, 1.82) is 0 Å². The molecule has 0 aliphatic carbocycles. The van der Waals surface area contributed by atoms with Gasteiger partial charge in [-0.15, -0.1) is 11.3 Å². The van der Waals surface area contributed by atoms with Crippen LogP contribution in [-0.2, 0) is 4.79 Å².